The average Bonchev–Trinajstić information content (AvgIpc) is 2.83. The van der Waals surface area contributed by atoms with E-state index in [0.29, 0.717) is 12.2 Å². The van der Waals surface area contributed by atoms with E-state index in [0.717, 1.165) is 5.56 Å². The van der Waals surface area contributed by atoms with Gasteiger partial charge in [0.05, 0.1) is 18.7 Å². The van der Waals surface area contributed by atoms with Crippen molar-refractivity contribution in [3.8, 4) is 0 Å². The number of hydrogen-bond donors (Lipinski definition) is 1. The summed E-state index contributed by atoms with van der Waals surface area (Å²) < 4.78 is 17.4. The Hall–Kier alpha value is -2.17. The van der Waals surface area contributed by atoms with Crippen molar-refractivity contribution in [3.63, 3.8) is 0 Å². The molecule has 2 rings (SSSR count). The Morgan fingerprint density at radius 2 is 2.12 bits per heavy atom. The summed E-state index contributed by atoms with van der Waals surface area (Å²) in [4.78, 5) is 15.4. The lowest BCUT2D eigenvalue weighted by Crippen LogP contribution is -2.24. The van der Waals surface area contributed by atoms with Crippen LogP contribution in [-0.4, -0.2) is 10.9 Å². The van der Waals surface area contributed by atoms with Crippen molar-refractivity contribution in [3.05, 3.63) is 54.0 Å². The maximum absolute atomic E-state index is 12.6. The summed E-state index contributed by atoms with van der Waals surface area (Å²) in [5.74, 6) is -0.448. The molecular weight excluding hydrogens is 223 g/mol. The van der Waals surface area contributed by atoms with Gasteiger partial charge in [-0.15, -0.1) is 0 Å². The number of carbonyl (C=O) groups excluding carboxylic acids is 1. The first-order valence-corrected chi connectivity index (χ1v) is 5.12. The monoisotopic (exact) mass is 234 g/mol. The van der Waals surface area contributed by atoms with Crippen LogP contribution in [0.15, 0.2) is 41.3 Å². The molecule has 0 spiro atoms. The summed E-state index contributed by atoms with van der Waals surface area (Å²) >= 11 is 0. The number of rotatable bonds is 4. The van der Waals surface area contributed by atoms with E-state index in [9.17, 15) is 9.18 Å². The lowest BCUT2D eigenvalue weighted by atomic mass is 10.1. The van der Waals surface area contributed by atoms with Crippen LogP contribution in [0.5, 0.6) is 0 Å². The molecule has 1 aromatic heterocycles. The fourth-order valence-electron chi connectivity index (χ4n) is 1.36. The summed E-state index contributed by atoms with van der Waals surface area (Å²) in [6, 6.07) is 5.84. The van der Waals surface area contributed by atoms with E-state index in [4.69, 9.17) is 4.42 Å². The van der Waals surface area contributed by atoms with Crippen LogP contribution in [0.25, 0.3) is 0 Å². The van der Waals surface area contributed by atoms with Gasteiger partial charge in [0.25, 0.3) is 0 Å². The minimum atomic E-state index is -0.309. The van der Waals surface area contributed by atoms with E-state index >= 15 is 0 Å². The van der Waals surface area contributed by atoms with Gasteiger partial charge >= 0.3 is 0 Å². The van der Waals surface area contributed by atoms with Gasteiger partial charge in [-0.1, -0.05) is 12.1 Å². The third-order valence-electron chi connectivity index (χ3n) is 2.23. The van der Waals surface area contributed by atoms with Crippen molar-refractivity contribution < 1.29 is 13.6 Å². The molecule has 1 heterocycles. The van der Waals surface area contributed by atoms with Gasteiger partial charge in [-0.25, -0.2) is 9.37 Å². The minimum absolute atomic E-state index is 0.139. The van der Waals surface area contributed by atoms with Gasteiger partial charge in [0.15, 0.2) is 6.39 Å². The normalized spacial score (nSPS) is 10.2. The number of nitrogens with zero attached hydrogens (tertiary/aromatic N) is 1. The predicted molar refractivity (Wildman–Crippen MR) is 58.5 cm³/mol. The quantitative estimate of drug-likeness (QED) is 0.875. The lowest BCUT2D eigenvalue weighted by Gasteiger charge is -2.03. The summed E-state index contributed by atoms with van der Waals surface area (Å²) in [6.45, 7) is 0.330. The molecule has 0 atom stereocenters. The fourth-order valence-corrected chi connectivity index (χ4v) is 1.36. The summed E-state index contributed by atoms with van der Waals surface area (Å²) in [6.07, 6.45) is 3.00. The molecule has 0 aliphatic rings. The average molecular weight is 234 g/mol. The van der Waals surface area contributed by atoms with Crippen molar-refractivity contribution in [1.82, 2.24) is 10.3 Å². The Balaban J connectivity index is 1.83. The van der Waals surface area contributed by atoms with Crippen LogP contribution in [0.1, 0.15) is 11.3 Å². The van der Waals surface area contributed by atoms with Crippen molar-refractivity contribution in [2.45, 2.75) is 13.0 Å². The van der Waals surface area contributed by atoms with Gasteiger partial charge in [-0.3, -0.25) is 4.79 Å². The van der Waals surface area contributed by atoms with Gasteiger partial charge in [0, 0.05) is 0 Å². The maximum Gasteiger partial charge on any atom is 0.224 e. The molecule has 1 aromatic carbocycles. The highest BCUT2D eigenvalue weighted by Gasteiger charge is 2.04. The second-order valence-electron chi connectivity index (χ2n) is 3.56. The Bertz CT molecular complexity index is 480. The summed E-state index contributed by atoms with van der Waals surface area (Å²) in [7, 11) is 0. The largest absolute Gasteiger partial charge is 0.451 e. The molecule has 0 fully saturated rings. The number of aromatic nitrogens is 1. The molecule has 17 heavy (non-hydrogen) atoms. The molecule has 0 bridgehead atoms. The topological polar surface area (TPSA) is 55.1 Å². The Morgan fingerprint density at radius 1 is 1.35 bits per heavy atom. The van der Waals surface area contributed by atoms with Crippen LogP contribution >= 0.6 is 0 Å². The smallest absolute Gasteiger partial charge is 0.224 e. The number of amides is 1. The second kappa shape index (κ2) is 5.25. The molecular formula is C12H11FN2O2. The van der Waals surface area contributed by atoms with Crippen LogP contribution < -0.4 is 5.32 Å². The van der Waals surface area contributed by atoms with Gasteiger partial charge in [0.2, 0.25) is 5.91 Å². The standard InChI is InChI=1S/C12H11FN2O2/c13-10-3-1-9(2-4-10)5-12(16)14-6-11-7-17-8-15-11/h1-4,7-8H,5-6H2,(H,14,16). The van der Waals surface area contributed by atoms with Gasteiger partial charge < -0.3 is 9.73 Å². The van der Waals surface area contributed by atoms with Crippen molar-refractivity contribution in [1.29, 1.82) is 0 Å². The van der Waals surface area contributed by atoms with Crippen molar-refractivity contribution >= 4 is 5.91 Å². The SMILES string of the molecule is O=C(Cc1ccc(F)cc1)NCc1cocn1. The molecule has 0 saturated carbocycles. The van der Waals surface area contributed by atoms with E-state index in [1.165, 1.54) is 24.8 Å². The van der Waals surface area contributed by atoms with Gasteiger partial charge in [0.1, 0.15) is 12.1 Å². The van der Waals surface area contributed by atoms with E-state index in [2.05, 4.69) is 10.3 Å². The lowest BCUT2D eigenvalue weighted by molar-refractivity contribution is -0.120. The molecule has 0 saturated heterocycles. The highest BCUT2D eigenvalue weighted by atomic mass is 19.1. The van der Waals surface area contributed by atoms with Crippen LogP contribution in [0.2, 0.25) is 0 Å². The van der Waals surface area contributed by atoms with Gasteiger partial charge in [-0.2, -0.15) is 0 Å². The van der Waals surface area contributed by atoms with E-state index in [1.54, 1.807) is 12.1 Å². The number of oxazole rings is 1. The zero-order valence-corrected chi connectivity index (χ0v) is 9.02. The number of halogens is 1. The molecule has 1 amide bonds. The van der Waals surface area contributed by atoms with Crippen LogP contribution in [-0.2, 0) is 17.8 Å². The first-order chi connectivity index (χ1) is 8.24. The van der Waals surface area contributed by atoms with Crippen LogP contribution in [0, 0.1) is 5.82 Å². The fraction of sp³-hybridized carbons (Fsp3) is 0.167. The van der Waals surface area contributed by atoms with Crippen molar-refractivity contribution in [2.24, 2.45) is 0 Å². The number of carbonyl (C=O) groups is 1. The van der Waals surface area contributed by atoms with E-state index in [1.807, 2.05) is 0 Å². The number of nitrogens with one attached hydrogen (secondary N) is 1. The molecule has 2 aromatic rings. The van der Waals surface area contributed by atoms with Gasteiger partial charge in [-0.05, 0) is 17.7 Å². The van der Waals surface area contributed by atoms with E-state index < -0.39 is 0 Å². The third kappa shape index (κ3) is 3.41. The number of hydrogen-bond acceptors (Lipinski definition) is 3. The number of benzene rings is 1. The molecule has 5 heteroatoms. The molecule has 4 nitrogen and oxygen atoms in total. The maximum atomic E-state index is 12.6. The predicted octanol–water partition coefficient (Wildman–Crippen LogP) is 1.67. The molecule has 0 unspecified atom stereocenters. The van der Waals surface area contributed by atoms with Crippen molar-refractivity contribution in [2.75, 3.05) is 0 Å². The molecule has 0 radical (unpaired) electrons. The molecule has 0 aliphatic carbocycles. The first kappa shape index (κ1) is 11.3. The van der Waals surface area contributed by atoms with E-state index in [-0.39, 0.29) is 18.1 Å². The first-order valence-electron chi connectivity index (χ1n) is 5.12. The Kier molecular flexibility index (Phi) is 3.49. The third-order valence-corrected chi connectivity index (χ3v) is 2.23. The zero-order chi connectivity index (χ0) is 12.1. The zero-order valence-electron chi connectivity index (χ0n) is 9.02. The van der Waals surface area contributed by atoms with Crippen LogP contribution in [0.4, 0.5) is 4.39 Å². The molecule has 0 aliphatic heterocycles. The Labute approximate surface area is 97.5 Å². The highest BCUT2D eigenvalue weighted by Crippen LogP contribution is 2.03. The van der Waals surface area contributed by atoms with Crippen LogP contribution in [0.3, 0.4) is 0 Å². The Morgan fingerprint density at radius 3 is 2.76 bits per heavy atom. The minimum Gasteiger partial charge on any atom is -0.451 e. The highest BCUT2D eigenvalue weighted by molar-refractivity contribution is 5.78. The summed E-state index contributed by atoms with van der Waals surface area (Å²) in [5.41, 5.74) is 1.43. The molecule has 1 N–H and O–H groups in total. The summed E-state index contributed by atoms with van der Waals surface area (Å²) in [5, 5.41) is 2.69. The molecule has 88 valence electrons. The second-order valence-corrected chi connectivity index (χ2v) is 3.56.